The lowest BCUT2D eigenvalue weighted by Crippen LogP contribution is -2.32. The largest absolute Gasteiger partial charge is 0.457 e. The molecule has 0 aliphatic carbocycles. The molecular weight excluding hydrogens is 167 g/mol. The molecule has 12 heavy (non-hydrogen) atoms. The van der Waals surface area contributed by atoms with Gasteiger partial charge in [0.15, 0.2) is 0 Å². The second-order valence-electron chi connectivity index (χ2n) is 2.84. The van der Waals surface area contributed by atoms with Crippen LogP contribution in [0, 0.1) is 0 Å². The van der Waals surface area contributed by atoms with Crippen molar-refractivity contribution in [2.45, 2.75) is 45.3 Å². The minimum atomic E-state index is -4.20. The van der Waals surface area contributed by atoms with Gasteiger partial charge in [-0.05, 0) is 6.42 Å². The molecule has 0 unspecified atom stereocenters. The highest BCUT2D eigenvalue weighted by atomic mass is 19.4. The summed E-state index contributed by atoms with van der Waals surface area (Å²) < 4.78 is 34.6. The Hall–Kier alpha value is -0.250. The number of rotatable bonds is 6. The van der Waals surface area contributed by atoms with Gasteiger partial charge in [-0.15, -0.1) is 0 Å². The van der Waals surface area contributed by atoms with Crippen LogP contribution in [0.5, 0.6) is 0 Å². The summed E-state index contributed by atoms with van der Waals surface area (Å²) in [6, 6.07) is 0. The van der Waals surface area contributed by atoms with Crippen LogP contribution < -0.4 is 5.32 Å². The van der Waals surface area contributed by atoms with Gasteiger partial charge in [0.2, 0.25) is 0 Å². The number of hydrogen-bond acceptors (Lipinski definition) is 1. The first-order valence-corrected chi connectivity index (χ1v) is 4.38. The van der Waals surface area contributed by atoms with Crippen molar-refractivity contribution in [1.29, 1.82) is 0 Å². The predicted octanol–water partition coefficient (Wildman–Crippen LogP) is 3.07. The molecule has 0 aromatic heterocycles. The minimum absolute atomic E-state index is 0.0488. The summed E-state index contributed by atoms with van der Waals surface area (Å²) in [5.41, 5.74) is 0. The van der Waals surface area contributed by atoms with Gasteiger partial charge in [-0.1, -0.05) is 32.6 Å². The second kappa shape index (κ2) is 6.29. The van der Waals surface area contributed by atoms with Crippen molar-refractivity contribution in [2.24, 2.45) is 0 Å². The number of hydrogen-bond donors (Lipinski definition) is 1. The predicted molar refractivity (Wildman–Crippen MR) is 42.8 cm³/mol. The quantitative estimate of drug-likeness (QED) is 0.493. The maximum atomic E-state index is 11.5. The van der Waals surface area contributed by atoms with E-state index in [2.05, 4.69) is 6.92 Å². The molecule has 0 atom stereocenters. The molecule has 74 valence electrons. The van der Waals surface area contributed by atoms with Crippen molar-refractivity contribution >= 4 is 0 Å². The van der Waals surface area contributed by atoms with Crippen LogP contribution in [-0.2, 0) is 0 Å². The van der Waals surface area contributed by atoms with Gasteiger partial charge in [0, 0.05) is 6.54 Å². The maximum absolute atomic E-state index is 11.5. The fourth-order valence-corrected chi connectivity index (χ4v) is 0.959. The van der Waals surface area contributed by atoms with Crippen LogP contribution in [0.25, 0.3) is 0 Å². The molecule has 0 rings (SSSR count). The van der Waals surface area contributed by atoms with Crippen LogP contribution in [0.1, 0.15) is 39.0 Å². The average molecular weight is 183 g/mol. The Labute approximate surface area is 71.3 Å². The van der Waals surface area contributed by atoms with E-state index >= 15 is 0 Å². The number of alkyl halides is 3. The Morgan fingerprint density at radius 1 is 1.00 bits per heavy atom. The fraction of sp³-hybridized carbons (Fsp3) is 1.00. The minimum Gasteiger partial charge on any atom is -0.228 e. The van der Waals surface area contributed by atoms with E-state index in [1.807, 2.05) is 0 Å². The monoisotopic (exact) mass is 183 g/mol. The van der Waals surface area contributed by atoms with Gasteiger partial charge in [-0.3, -0.25) is 0 Å². The molecule has 0 fully saturated rings. The standard InChI is InChI=1S/C8H16F3N/c1-2-3-4-5-6-7-12-8(9,10)11/h12H,2-7H2,1H3. The van der Waals surface area contributed by atoms with E-state index in [1.165, 1.54) is 5.32 Å². The van der Waals surface area contributed by atoms with Crippen LogP contribution in [0.4, 0.5) is 13.2 Å². The first kappa shape index (κ1) is 11.8. The van der Waals surface area contributed by atoms with Crippen LogP contribution in [0.15, 0.2) is 0 Å². The van der Waals surface area contributed by atoms with Crippen LogP contribution in [-0.4, -0.2) is 12.8 Å². The second-order valence-corrected chi connectivity index (χ2v) is 2.84. The van der Waals surface area contributed by atoms with E-state index < -0.39 is 6.30 Å². The van der Waals surface area contributed by atoms with E-state index in [0.717, 1.165) is 25.7 Å². The van der Waals surface area contributed by atoms with Gasteiger partial charge in [-0.25, -0.2) is 5.32 Å². The first-order chi connectivity index (χ1) is 5.56. The summed E-state index contributed by atoms with van der Waals surface area (Å²) in [6.45, 7) is 2.13. The summed E-state index contributed by atoms with van der Waals surface area (Å²) in [7, 11) is 0. The molecule has 1 N–H and O–H groups in total. The Bertz CT molecular complexity index is 101. The van der Waals surface area contributed by atoms with Crippen molar-refractivity contribution in [3.63, 3.8) is 0 Å². The molecule has 0 aliphatic rings. The van der Waals surface area contributed by atoms with Crippen LogP contribution in [0.3, 0.4) is 0 Å². The maximum Gasteiger partial charge on any atom is 0.457 e. The molecule has 1 nitrogen and oxygen atoms in total. The smallest absolute Gasteiger partial charge is 0.228 e. The van der Waals surface area contributed by atoms with E-state index in [9.17, 15) is 13.2 Å². The van der Waals surface area contributed by atoms with Crippen molar-refractivity contribution in [3.8, 4) is 0 Å². The summed E-state index contributed by atoms with van der Waals surface area (Å²) in [4.78, 5) is 0. The third-order valence-electron chi connectivity index (χ3n) is 1.61. The molecule has 0 spiro atoms. The highest BCUT2D eigenvalue weighted by Gasteiger charge is 2.25. The fourth-order valence-electron chi connectivity index (χ4n) is 0.959. The first-order valence-electron chi connectivity index (χ1n) is 4.38. The lowest BCUT2D eigenvalue weighted by Gasteiger charge is -2.07. The molecule has 0 aromatic rings. The molecule has 0 bridgehead atoms. The van der Waals surface area contributed by atoms with E-state index in [4.69, 9.17) is 0 Å². The van der Waals surface area contributed by atoms with Gasteiger partial charge >= 0.3 is 6.30 Å². The topological polar surface area (TPSA) is 12.0 Å². The third kappa shape index (κ3) is 9.75. The zero-order valence-electron chi connectivity index (χ0n) is 7.38. The van der Waals surface area contributed by atoms with Crippen LogP contribution >= 0.6 is 0 Å². The molecule has 0 amide bonds. The van der Waals surface area contributed by atoms with Gasteiger partial charge in [0.1, 0.15) is 0 Å². The molecule has 0 radical (unpaired) electrons. The van der Waals surface area contributed by atoms with Crippen molar-refractivity contribution < 1.29 is 13.2 Å². The third-order valence-corrected chi connectivity index (χ3v) is 1.61. The number of unbranched alkanes of at least 4 members (excludes halogenated alkanes) is 4. The van der Waals surface area contributed by atoms with E-state index in [0.29, 0.717) is 6.42 Å². The Kier molecular flexibility index (Phi) is 6.16. The summed E-state index contributed by atoms with van der Waals surface area (Å²) in [6.07, 6.45) is 0.565. The molecule has 0 heterocycles. The Balaban J connectivity index is 3.01. The zero-order chi connectivity index (χ0) is 9.45. The SMILES string of the molecule is CCCCCCCNC(F)(F)F. The lowest BCUT2D eigenvalue weighted by molar-refractivity contribution is -0.156. The molecular formula is C8H16F3N. The summed E-state index contributed by atoms with van der Waals surface area (Å²) in [5.74, 6) is 0. The van der Waals surface area contributed by atoms with Gasteiger partial charge in [0.05, 0.1) is 0 Å². The van der Waals surface area contributed by atoms with Gasteiger partial charge in [0.25, 0.3) is 0 Å². The Morgan fingerprint density at radius 2 is 1.58 bits per heavy atom. The van der Waals surface area contributed by atoms with Crippen LogP contribution in [0.2, 0.25) is 0 Å². The highest BCUT2D eigenvalue weighted by Crippen LogP contribution is 2.09. The highest BCUT2D eigenvalue weighted by molar-refractivity contribution is 4.50. The van der Waals surface area contributed by atoms with Crippen molar-refractivity contribution in [1.82, 2.24) is 5.32 Å². The molecule has 0 saturated carbocycles. The number of nitrogens with one attached hydrogen (secondary N) is 1. The van der Waals surface area contributed by atoms with Crippen molar-refractivity contribution in [3.05, 3.63) is 0 Å². The van der Waals surface area contributed by atoms with E-state index in [1.54, 1.807) is 0 Å². The zero-order valence-corrected chi connectivity index (χ0v) is 7.38. The molecule has 0 aromatic carbocycles. The molecule has 0 aliphatic heterocycles. The van der Waals surface area contributed by atoms with Gasteiger partial charge in [-0.2, -0.15) is 13.2 Å². The summed E-state index contributed by atoms with van der Waals surface area (Å²) in [5, 5.41) is 1.50. The van der Waals surface area contributed by atoms with E-state index in [-0.39, 0.29) is 6.54 Å². The lowest BCUT2D eigenvalue weighted by atomic mass is 10.1. The normalized spacial score (nSPS) is 12.0. The number of halogens is 3. The summed E-state index contributed by atoms with van der Waals surface area (Å²) >= 11 is 0. The molecule has 0 saturated heterocycles. The Morgan fingerprint density at radius 3 is 2.08 bits per heavy atom. The average Bonchev–Trinajstić information content (AvgIpc) is 1.94. The molecule has 4 heteroatoms. The van der Waals surface area contributed by atoms with Gasteiger partial charge < -0.3 is 0 Å². The van der Waals surface area contributed by atoms with Crippen molar-refractivity contribution in [2.75, 3.05) is 6.54 Å².